The van der Waals surface area contributed by atoms with E-state index in [1.807, 2.05) is 0 Å². The van der Waals surface area contributed by atoms with Crippen LogP contribution in [0.4, 0.5) is 0 Å². The number of fused-ring (bicyclic) bond motifs is 1. The summed E-state index contributed by atoms with van der Waals surface area (Å²) in [5.41, 5.74) is 6.52. The fourth-order valence-corrected chi connectivity index (χ4v) is 4.58. The Morgan fingerprint density at radius 1 is 0.895 bits per heavy atom. The zero-order valence-electron chi connectivity index (χ0n) is 12.6. The molecule has 0 aromatic rings. The summed E-state index contributed by atoms with van der Waals surface area (Å²) in [4.78, 5) is 5.50. The first kappa shape index (κ1) is 13.8. The standard InChI is InChI=1S/C16H31N3/c1-13-11-18-10-6-7-14(18)12-19(13)16-9-5-3-2-4-8-15(16)17/h13-16H,2-12,17H2,1H3. The van der Waals surface area contributed by atoms with Crippen molar-refractivity contribution in [1.29, 1.82) is 0 Å². The summed E-state index contributed by atoms with van der Waals surface area (Å²) in [5.74, 6) is 0. The predicted molar refractivity (Wildman–Crippen MR) is 80.2 cm³/mol. The highest BCUT2D eigenvalue weighted by atomic mass is 15.3. The number of hydrogen-bond donors (Lipinski definition) is 1. The fourth-order valence-electron chi connectivity index (χ4n) is 4.58. The van der Waals surface area contributed by atoms with Crippen molar-refractivity contribution in [3.05, 3.63) is 0 Å². The van der Waals surface area contributed by atoms with Crippen LogP contribution in [0.3, 0.4) is 0 Å². The van der Waals surface area contributed by atoms with Crippen LogP contribution in [-0.2, 0) is 0 Å². The van der Waals surface area contributed by atoms with E-state index in [9.17, 15) is 0 Å². The average Bonchev–Trinajstić information content (AvgIpc) is 2.81. The minimum Gasteiger partial charge on any atom is -0.326 e. The molecule has 4 unspecified atom stereocenters. The van der Waals surface area contributed by atoms with Crippen LogP contribution in [0.15, 0.2) is 0 Å². The highest BCUT2D eigenvalue weighted by Crippen LogP contribution is 2.29. The van der Waals surface area contributed by atoms with E-state index < -0.39 is 0 Å². The van der Waals surface area contributed by atoms with E-state index in [-0.39, 0.29) is 0 Å². The van der Waals surface area contributed by atoms with Gasteiger partial charge in [0.05, 0.1) is 0 Å². The number of piperazine rings is 1. The third-order valence-corrected chi connectivity index (χ3v) is 5.69. The molecule has 3 rings (SSSR count). The van der Waals surface area contributed by atoms with Crippen molar-refractivity contribution in [1.82, 2.24) is 9.80 Å². The van der Waals surface area contributed by atoms with Crippen LogP contribution in [0.2, 0.25) is 0 Å². The van der Waals surface area contributed by atoms with E-state index in [4.69, 9.17) is 5.73 Å². The van der Waals surface area contributed by atoms with Gasteiger partial charge in [0.1, 0.15) is 0 Å². The topological polar surface area (TPSA) is 32.5 Å². The van der Waals surface area contributed by atoms with E-state index >= 15 is 0 Å². The van der Waals surface area contributed by atoms with Crippen molar-refractivity contribution in [2.24, 2.45) is 5.73 Å². The number of nitrogens with two attached hydrogens (primary N) is 1. The van der Waals surface area contributed by atoms with Gasteiger partial charge in [0.25, 0.3) is 0 Å². The summed E-state index contributed by atoms with van der Waals surface area (Å²) in [6.45, 7) is 6.30. The van der Waals surface area contributed by atoms with Crippen LogP contribution in [0.25, 0.3) is 0 Å². The van der Waals surface area contributed by atoms with Crippen LogP contribution in [0.1, 0.15) is 58.3 Å². The van der Waals surface area contributed by atoms with E-state index in [1.165, 1.54) is 71.0 Å². The molecule has 2 saturated heterocycles. The minimum atomic E-state index is 0.413. The molecule has 3 nitrogen and oxygen atoms in total. The minimum absolute atomic E-state index is 0.413. The molecule has 3 aliphatic rings. The van der Waals surface area contributed by atoms with Crippen molar-refractivity contribution >= 4 is 0 Å². The van der Waals surface area contributed by atoms with Gasteiger partial charge in [-0.3, -0.25) is 9.80 Å². The van der Waals surface area contributed by atoms with Crippen LogP contribution in [0, 0.1) is 0 Å². The van der Waals surface area contributed by atoms with Gasteiger partial charge in [0.2, 0.25) is 0 Å². The Balaban J connectivity index is 1.68. The second-order valence-corrected chi connectivity index (χ2v) is 7.06. The molecule has 3 fully saturated rings. The van der Waals surface area contributed by atoms with Gasteiger partial charge in [-0.2, -0.15) is 0 Å². The normalized spacial score (nSPS) is 42.6. The van der Waals surface area contributed by atoms with Gasteiger partial charge in [-0.25, -0.2) is 0 Å². The highest BCUT2D eigenvalue weighted by Gasteiger charge is 2.38. The molecule has 0 spiro atoms. The first-order chi connectivity index (χ1) is 9.25. The van der Waals surface area contributed by atoms with Crippen molar-refractivity contribution in [3.63, 3.8) is 0 Å². The molecule has 110 valence electrons. The smallest absolute Gasteiger partial charge is 0.0251 e. The second-order valence-electron chi connectivity index (χ2n) is 7.06. The van der Waals surface area contributed by atoms with Gasteiger partial charge in [-0.15, -0.1) is 0 Å². The van der Waals surface area contributed by atoms with E-state index in [1.54, 1.807) is 0 Å². The van der Waals surface area contributed by atoms with Gasteiger partial charge in [0.15, 0.2) is 0 Å². The lowest BCUT2D eigenvalue weighted by Crippen LogP contribution is -2.61. The third-order valence-electron chi connectivity index (χ3n) is 5.69. The monoisotopic (exact) mass is 265 g/mol. The number of nitrogens with zero attached hydrogens (tertiary/aromatic N) is 2. The van der Waals surface area contributed by atoms with Crippen LogP contribution < -0.4 is 5.73 Å². The number of rotatable bonds is 1. The van der Waals surface area contributed by atoms with Gasteiger partial charge in [0, 0.05) is 37.3 Å². The summed E-state index contributed by atoms with van der Waals surface area (Å²) in [6.07, 6.45) is 10.9. The zero-order chi connectivity index (χ0) is 13.2. The van der Waals surface area contributed by atoms with Gasteiger partial charge >= 0.3 is 0 Å². The zero-order valence-corrected chi connectivity index (χ0v) is 12.6. The molecule has 4 atom stereocenters. The SMILES string of the molecule is CC1CN2CCCC2CN1C1CCCCCCC1N. The van der Waals surface area contributed by atoms with Crippen LogP contribution >= 0.6 is 0 Å². The highest BCUT2D eigenvalue weighted by molar-refractivity contribution is 4.95. The molecule has 0 aromatic heterocycles. The van der Waals surface area contributed by atoms with Gasteiger partial charge < -0.3 is 5.73 Å². The Kier molecular flexibility index (Phi) is 4.45. The molecule has 0 radical (unpaired) electrons. The third kappa shape index (κ3) is 2.98. The molecule has 1 saturated carbocycles. The molecule has 19 heavy (non-hydrogen) atoms. The summed E-state index contributed by atoms with van der Waals surface area (Å²) < 4.78 is 0. The quantitative estimate of drug-likeness (QED) is 0.789. The Labute approximate surface area is 118 Å². The lowest BCUT2D eigenvalue weighted by Gasteiger charge is -2.48. The molecule has 2 heterocycles. The molecular formula is C16H31N3. The maximum absolute atomic E-state index is 6.52. The van der Waals surface area contributed by atoms with Crippen LogP contribution in [0.5, 0.6) is 0 Å². The first-order valence-electron chi connectivity index (χ1n) is 8.51. The Morgan fingerprint density at radius 3 is 2.53 bits per heavy atom. The Morgan fingerprint density at radius 2 is 1.68 bits per heavy atom. The predicted octanol–water partition coefficient (Wildman–Crippen LogP) is 2.21. The molecule has 2 N–H and O–H groups in total. The maximum atomic E-state index is 6.52. The van der Waals surface area contributed by atoms with Gasteiger partial charge in [-0.05, 0) is 39.2 Å². The summed E-state index contributed by atoms with van der Waals surface area (Å²) in [7, 11) is 0. The molecule has 1 aliphatic carbocycles. The number of hydrogen-bond acceptors (Lipinski definition) is 3. The van der Waals surface area contributed by atoms with Crippen LogP contribution in [-0.4, -0.2) is 53.6 Å². The Hall–Kier alpha value is -0.120. The van der Waals surface area contributed by atoms with E-state index in [2.05, 4.69) is 16.7 Å². The van der Waals surface area contributed by atoms with Crippen molar-refractivity contribution < 1.29 is 0 Å². The van der Waals surface area contributed by atoms with Crippen molar-refractivity contribution in [3.8, 4) is 0 Å². The summed E-state index contributed by atoms with van der Waals surface area (Å²) in [6, 6.07) is 2.59. The molecular weight excluding hydrogens is 234 g/mol. The summed E-state index contributed by atoms with van der Waals surface area (Å²) in [5, 5.41) is 0. The van der Waals surface area contributed by atoms with Gasteiger partial charge in [-0.1, -0.05) is 25.7 Å². The summed E-state index contributed by atoms with van der Waals surface area (Å²) >= 11 is 0. The Bertz CT molecular complexity index is 294. The fraction of sp³-hybridized carbons (Fsp3) is 1.00. The molecule has 0 aromatic carbocycles. The first-order valence-corrected chi connectivity index (χ1v) is 8.51. The largest absolute Gasteiger partial charge is 0.326 e. The molecule has 2 aliphatic heterocycles. The molecule has 0 amide bonds. The lowest BCUT2D eigenvalue weighted by molar-refractivity contribution is 0.0134. The van der Waals surface area contributed by atoms with Crippen molar-refractivity contribution in [2.45, 2.75) is 82.5 Å². The maximum Gasteiger partial charge on any atom is 0.0251 e. The van der Waals surface area contributed by atoms with Crippen molar-refractivity contribution in [2.75, 3.05) is 19.6 Å². The van der Waals surface area contributed by atoms with E-state index in [0.717, 1.165) is 6.04 Å². The lowest BCUT2D eigenvalue weighted by atomic mass is 9.90. The average molecular weight is 265 g/mol. The van der Waals surface area contributed by atoms with E-state index in [0.29, 0.717) is 18.1 Å². The second kappa shape index (κ2) is 6.11. The molecule has 0 bridgehead atoms. The molecule has 3 heteroatoms.